The second kappa shape index (κ2) is 6.91. The van der Waals surface area contributed by atoms with Crippen molar-refractivity contribution >= 4 is 17.3 Å². The summed E-state index contributed by atoms with van der Waals surface area (Å²) in [6.45, 7) is 3.16. The molecule has 1 unspecified atom stereocenters. The fraction of sp³-hybridized carbons (Fsp3) is 0.643. The maximum Gasteiger partial charge on any atom is 0.193 e. The maximum absolute atomic E-state index is 4.40. The molecule has 4 nitrogen and oxygen atoms in total. The Kier molecular flexibility index (Phi) is 5.22. The highest BCUT2D eigenvalue weighted by molar-refractivity contribution is 7.10. The van der Waals surface area contributed by atoms with E-state index < -0.39 is 0 Å². The Morgan fingerprint density at radius 3 is 2.74 bits per heavy atom. The van der Waals surface area contributed by atoms with E-state index in [4.69, 9.17) is 0 Å². The highest BCUT2D eigenvalue weighted by atomic mass is 32.1. The van der Waals surface area contributed by atoms with Crippen molar-refractivity contribution < 1.29 is 0 Å². The van der Waals surface area contributed by atoms with Crippen molar-refractivity contribution in [1.82, 2.24) is 15.1 Å². The van der Waals surface area contributed by atoms with Gasteiger partial charge in [0, 0.05) is 31.6 Å². The Morgan fingerprint density at radius 2 is 2.21 bits per heavy atom. The first-order valence-corrected chi connectivity index (χ1v) is 7.75. The van der Waals surface area contributed by atoms with Gasteiger partial charge in [0.2, 0.25) is 0 Å². The number of thiophene rings is 1. The lowest BCUT2D eigenvalue weighted by Crippen LogP contribution is -2.43. The molecule has 0 aromatic carbocycles. The van der Waals surface area contributed by atoms with Crippen LogP contribution < -0.4 is 5.32 Å². The molecule has 5 heteroatoms. The summed E-state index contributed by atoms with van der Waals surface area (Å²) in [4.78, 5) is 10.4. The Bertz CT molecular complexity index is 394. The van der Waals surface area contributed by atoms with Crippen molar-refractivity contribution in [3.05, 3.63) is 22.4 Å². The monoisotopic (exact) mass is 280 g/mol. The van der Waals surface area contributed by atoms with Gasteiger partial charge in [-0.05, 0) is 38.4 Å². The first-order chi connectivity index (χ1) is 9.22. The zero-order valence-corrected chi connectivity index (χ0v) is 12.9. The number of nitrogens with zero attached hydrogens (tertiary/aromatic N) is 3. The van der Waals surface area contributed by atoms with Gasteiger partial charge in [-0.1, -0.05) is 6.07 Å². The Morgan fingerprint density at radius 1 is 1.47 bits per heavy atom. The second-order valence-corrected chi connectivity index (χ2v) is 6.10. The molecule has 0 amide bonds. The van der Waals surface area contributed by atoms with Crippen LogP contribution in [0, 0.1) is 0 Å². The van der Waals surface area contributed by atoms with Gasteiger partial charge in [-0.15, -0.1) is 11.3 Å². The third-order valence-corrected chi connectivity index (χ3v) is 4.54. The molecule has 1 aliphatic rings. The highest BCUT2D eigenvalue weighted by Crippen LogP contribution is 2.22. The van der Waals surface area contributed by atoms with Crippen molar-refractivity contribution in [3.63, 3.8) is 0 Å². The zero-order valence-electron chi connectivity index (χ0n) is 12.1. The fourth-order valence-electron chi connectivity index (χ4n) is 2.47. The van der Waals surface area contributed by atoms with Crippen LogP contribution >= 0.6 is 11.3 Å². The van der Waals surface area contributed by atoms with Gasteiger partial charge in [0.1, 0.15) is 0 Å². The molecule has 0 spiro atoms. The number of likely N-dealkylation sites (N-methyl/N-ethyl adjacent to an activating group) is 1. The van der Waals surface area contributed by atoms with E-state index in [-0.39, 0.29) is 0 Å². The van der Waals surface area contributed by atoms with Gasteiger partial charge >= 0.3 is 0 Å². The Hall–Kier alpha value is -1.07. The normalized spacial score (nSPS) is 18.1. The standard InChI is InChI=1S/C14H24N4S/c1-15-14(18-8-4-5-9-18)16-11-12(17(2)3)13-7-6-10-19-13/h6-7,10,12H,4-5,8-9,11H2,1-3H3,(H,15,16). The smallest absolute Gasteiger partial charge is 0.193 e. The highest BCUT2D eigenvalue weighted by Gasteiger charge is 2.19. The maximum atomic E-state index is 4.40. The average Bonchev–Trinajstić information content (AvgIpc) is 3.06. The van der Waals surface area contributed by atoms with E-state index in [0.29, 0.717) is 6.04 Å². The Balaban J connectivity index is 1.94. The minimum absolute atomic E-state index is 0.402. The SMILES string of the molecule is CN=C(NCC(c1cccs1)N(C)C)N1CCCC1. The number of aliphatic imine (C=N–C) groups is 1. The van der Waals surface area contributed by atoms with Gasteiger partial charge in [-0.25, -0.2) is 0 Å². The van der Waals surface area contributed by atoms with E-state index in [0.717, 1.165) is 25.6 Å². The first kappa shape index (κ1) is 14.3. The number of hydrogen-bond donors (Lipinski definition) is 1. The van der Waals surface area contributed by atoms with Gasteiger partial charge in [-0.3, -0.25) is 4.99 Å². The van der Waals surface area contributed by atoms with Gasteiger partial charge in [-0.2, -0.15) is 0 Å². The van der Waals surface area contributed by atoms with Gasteiger partial charge in [0.25, 0.3) is 0 Å². The number of likely N-dealkylation sites (tertiary alicyclic amines) is 1. The second-order valence-electron chi connectivity index (χ2n) is 5.12. The van der Waals surface area contributed by atoms with E-state index in [9.17, 15) is 0 Å². The first-order valence-electron chi connectivity index (χ1n) is 6.88. The zero-order chi connectivity index (χ0) is 13.7. The van der Waals surface area contributed by atoms with E-state index in [2.05, 4.69) is 51.7 Å². The summed E-state index contributed by atoms with van der Waals surface area (Å²) >= 11 is 1.82. The molecule has 0 aliphatic carbocycles. The molecule has 0 radical (unpaired) electrons. The number of hydrogen-bond acceptors (Lipinski definition) is 3. The average molecular weight is 280 g/mol. The molecule has 1 saturated heterocycles. The summed E-state index contributed by atoms with van der Waals surface area (Å²) in [6, 6.07) is 4.72. The lowest BCUT2D eigenvalue weighted by molar-refractivity contribution is 0.299. The molecule has 2 rings (SSSR count). The summed E-state index contributed by atoms with van der Waals surface area (Å²) in [5.74, 6) is 1.04. The quantitative estimate of drug-likeness (QED) is 0.676. The van der Waals surface area contributed by atoms with E-state index in [1.807, 2.05) is 18.4 Å². The number of guanidine groups is 1. The Labute approximate surface area is 120 Å². The molecular weight excluding hydrogens is 256 g/mol. The van der Waals surface area contributed by atoms with Crippen LogP contribution in [0.4, 0.5) is 0 Å². The van der Waals surface area contributed by atoms with Crippen molar-refractivity contribution in [2.24, 2.45) is 4.99 Å². The lowest BCUT2D eigenvalue weighted by atomic mass is 10.2. The molecule has 19 heavy (non-hydrogen) atoms. The summed E-state index contributed by atoms with van der Waals surface area (Å²) in [5, 5.41) is 5.66. The number of rotatable bonds is 4. The molecule has 0 saturated carbocycles. The number of nitrogens with one attached hydrogen (secondary N) is 1. The largest absolute Gasteiger partial charge is 0.354 e. The molecule has 0 bridgehead atoms. The lowest BCUT2D eigenvalue weighted by Gasteiger charge is -2.27. The summed E-state index contributed by atoms with van der Waals surface area (Å²) < 4.78 is 0. The minimum atomic E-state index is 0.402. The van der Waals surface area contributed by atoms with Gasteiger partial charge in [0.15, 0.2) is 5.96 Å². The topological polar surface area (TPSA) is 30.9 Å². The van der Waals surface area contributed by atoms with Crippen LogP contribution in [0.5, 0.6) is 0 Å². The van der Waals surface area contributed by atoms with Gasteiger partial charge in [0.05, 0.1) is 6.04 Å². The van der Waals surface area contributed by atoms with Crippen LogP contribution in [0.15, 0.2) is 22.5 Å². The molecule has 1 atom stereocenters. The van der Waals surface area contributed by atoms with Crippen LogP contribution in [-0.2, 0) is 0 Å². The molecule has 1 aromatic heterocycles. The molecule has 106 valence electrons. The van der Waals surface area contributed by atoms with Gasteiger partial charge < -0.3 is 15.1 Å². The molecule has 1 aliphatic heterocycles. The van der Waals surface area contributed by atoms with Crippen LogP contribution in [-0.4, -0.2) is 56.5 Å². The molecule has 1 N–H and O–H groups in total. The van der Waals surface area contributed by atoms with Crippen molar-refractivity contribution in [1.29, 1.82) is 0 Å². The van der Waals surface area contributed by atoms with E-state index in [1.54, 1.807) is 0 Å². The predicted octanol–water partition coefficient (Wildman–Crippen LogP) is 2.02. The third-order valence-electron chi connectivity index (χ3n) is 3.57. The van der Waals surface area contributed by atoms with Crippen LogP contribution in [0.1, 0.15) is 23.8 Å². The van der Waals surface area contributed by atoms with Crippen molar-refractivity contribution in [2.45, 2.75) is 18.9 Å². The molecule has 2 heterocycles. The molecule has 1 fully saturated rings. The molecular formula is C14H24N4S. The molecule has 1 aromatic rings. The van der Waals surface area contributed by atoms with Crippen molar-refractivity contribution in [3.8, 4) is 0 Å². The minimum Gasteiger partial charge on any atom is -0.354 e. The fourth-order valence-corrected chi connectivity index (χ4v) is 3.39. The third kappa shape index (κ3) is 3.70. The van der Waals surface area contributed by atoms with Crippen LogP contribution in [0.3, 0.4) is 0 Å². The van der Waals surface area contributed by atoms with Crippen molar-refractivity contribution in [2.75, 3.05) is 40.8 Å². The van der Waals surface area contributed by atoms with Crippen LogP contribution in [0.2, 0.25) is 0 Å². The van der Waals surface area contributed by atoms with E-state index in [1.165, 1.54) is 17.7 Å². The van der Waals surface area contributed by atoms with Crippen LogP contribution in [0.25, 0.3) is 0 Å². The summed E-state index contributed by atoms with van der Waals surface area (Å²) in [6.07, 6.45) is 2.56. The predicted molar refractivity (Wildman–Crippen MR) is 82.9 cm³/mol. The van der Waals surface area contributed by atoms with E-state index >= 15 is 0 Å². The summed E-state index contributed by atoms with van der Waals surface area (Å²) in [5.41, 5.74) is 0. The summed E-state index contributed by atoms with van der Waals surface area (Å²) in [7, 11) is 6.13.